The van der Waals surface area contributed by atoms with E-state index < -0.39 is 0 Å². The lowest BCUT2D eigenvalue weighted by atomic mass is 10.1. The molecule has 0 fully saturated rings. The third-order valence-electron chi connectivity index (χ3n) is 4.03. The first-order valence-corrected chi connectivity index (χ1v) is 9.73. The maximum atomic E-state index is 12.0. The second kappa shape index (κ2) is 9.58. The molecule has 0 bridgehead atoms. The predicted octanol–water partition coefficient (Wildman–Crippen LogP) is 4.00. The summed E-state index contributed by atoms with van der Waals surface area (Å²) in [5.74, 6) is -0.386. The van der Waals surface area contributed by atoms with Gasteiger partial charge in [0.05, 0.1) is 29.3 Å². The van der Waals surface area contributed by atoms with Gasteiger partial charge >= 0.3 is 0 Å². The Morgan fingerprint density at radius 2 is 1.89 bits per heavy atom. The molecule has 28 heavy (non-hydrogen) atoms. The van der Waals surface area contributed by atoms with Gasteiger partial charge in [0.2, 0.25) is 5.91 Å². The van der Waals surface area contributed by atoms with Crippen LogP contribution in [0.5, 0.6) is 0 Å². The minimum absolute atomic E-state index is 0.0418. The number of carbonyl (C=O) groups is 2. The minimum Gasteiger partial charge on any atom is -0.349 e. The minimum atomic E-state index is -0.242. The van der Waals surface area contributed by atoms with Gasteiger partial charge in [-0.2, -0.15) is 5.26 Å². The van der Waals surface area contributed by atoms with Crippen LogP contribution in [0.1, 0.15) is 29.0 Å². The number of Topliss-reactive ketones (excluding diaryl/α,β-unsaturated/α-hetero) is 1. The van der Waals surface area contributed by atoms with Gasteiger partial charge in [-0.3, -0.25) is 9.59 Å². The Balaban J connectivity index is 1.61. The number of hydrogen-bond acceptors (Lipinski definition) is 5. The molecule has 3 aromatic rings. The molecule has 1 heterocycles. The summed E-state index contributed by atoms with van der Waals surface area (Å²) in [5, 5.41) is 11.8. The highest BCUT2D eigenvalue weighted by Gasteiger charge is 2.10. The van der Waals surface area contributed by atoms with Gasteiger partial charge in [0.25, 0.3) is 0 Å². The fourth-order valence-electron chi connectivity index (χ4n) is 2.61. The van der Waals surface area contributed by atoms with Crippen LogP contribution in [-0.2, 0) is 16.0 Å². The van der Waals surface area contributed by atoms with E-state index in [1.165, 1.54) is 11.3 Å². The number of aromatic nitrogens is 1. The van der Waals surface area contributed by atoms with Crippen molar-refractivity contribution in [1.29, 1.82) is 5.26 Å². The number of ketones is 1. The molecule has 2 aromatic carbocycles. The molecule has 0 aliphatic heterocycles. The zero-order chi connectivity index (χ0) is 19.8. The van der Waals surface area contributed by atoms with Crippen LogP contribution in [0.25, 0.3) is 22.4 Å². The molecule has 3 rings (SSSR count). The Morgan fingerprint density at radius 3 is 2.68 bits per heavy atom. The second-order valence-electron chi connectivity index (χ2n) is 6.23. The highest BCUT2D eigenvalue weighted by atomic mass is 32.1. The van der Waals surface area contributed by atoms with Crippen molar-refractivity contribution in [3.8, 4) is 6.07 Å². The molecule has 0 spiro atoms. The summed E-state index contributed by atoms with van der Waals surface area (Å²) in [6.45, 7) is -0.0418. The Hall–Kier alpha value is -3.30. The molecular formula is C22H19N3O2S. The topological polar surface area (TPSA) is 82.9 Å². The van der Waals surface area contributed by atoms with Gasteiger partial charge in [-0.25, -0.2) is 4.98 Å². The second-order valence-corrected chi connectivity index (χ2v) is 7.34. The predicted molar refractivity (Wildman–Crippen MR) is 112 cm³/mol. The van der Waals surface area contributed by atoms with Crippen molar-refractivity contribution < 1.29 is 9.59 Å². The monoisotopic (exact) mass is 389 g/mol. The number of benzene rings is 2. The van der Waals surface area contributed by atoms with Crippen molar-refractivity contribution in [3.05, 3.63) is 64.7 Å². The van der Waals surface area contributed by atoms with Crippen LogP contribution in [0.2, 0.25) is 0 Å². The summed E-state index contributed by atoms with van der Waals surface area (Å²) in [5.41, 5.74) is 3.02. The zero-order valence-electron chi connectivity index (χ0n) is 15.2. The van der Waals surface area contributed by atoms with Crippen molar-refractivity contribution in [3.63, 3.8) is 0 Å². The fraction of sp³-hybridized carbons (Fsp3) is 0.182. The lowest BCUT2D eigenvalue weighted by Crippen LogP contribution is -2.30. The fourth-order valence-corrected chi connectivity index (χ4v) is 3.56. The number of rotatable bonds is 8. The number of nitriles is 1. The number of hydrogen-bond donors (Lipinski definition) is 1. The molecule has 0 aliphatic carbocycles. The molecule has 1 aromatic heterocycles. The molecule has 0 saturated carbocycles. The number of nitrogens with one attached hydrogen (secondary N) is 1. The molecule has 0 aliphatic rings. The largest absolute Gasteiger partial charge is 0.349 e. The first-order valence-electron chi connectivity index (χ1n) is 8.92. The smallest absolute Gasteiger partial charge is 0.227 e. The van der Waals surface area contributed by atoms with Crippen LogP contribution in [-0.4, -0.2) is 23.2 Å². The van der Waals surface area contributed by atoms with Gasteiger partial charge in [-0.1, -0.05) is 48.6 Å². The molecule has 140 valence electrons. The van der Waals surface area contributed by atoms with E-state index >= 15 is 0 Å². The van der Waals surface area contributed by atoms with E-state index in [0.29, 0.717) is 5.01 Å². The van der Waals surface area contributed by atoms with Crippen LogP contribution in [0.15, 0.2) is 48.5 Å². The van der Waals surface area contributed by atoms with Crippen LogP contribution < -0.4 is 5.32 Å². The van der Waals surface area contributed by atoms with Gasteiger partial charge in [0.1, 0.15) is 5.01 Å². The Kier molecular flexibility index (Phi) is 6.66. The van der Waals surface area contributed by atoms with Crippen LogP contribution in [0.3, 0.4) is 0 Å². The first-order chi connectivity index (χ1) is 13.6. The Bertz CT molecular complexity index is 1050. The third-order valence-corrected chi connectivity index (χ3v) is 5.07. The Morgan fingerprint density at radius 1 is 1.11 bits per heavy atom. The van der Waals surface area contributed by atoms with Gasteiger partial charge in [-0.05, 0) is 23.3 Å². The first kappa shape index (κ1) is 19.5. The zero-order valence-corrected chi connectivity index (χ0v) is 16.0. The maximum absolute atomic E-state index is 12.0. The SMILES string of the molecule is N#CCCC(=O)CNC(=O)Cc1nc2cc(/C=C/c3ccccc3)ccc2s1. The average Bonchev–Trinajstić information content (AvgIpc) is 3.11. The molecule has 0 atom stereocenters. The lowest BCUT2D eigenvalue weighted by Gasteiger charge is -2.01. The number of amides is 1. The average molecular weight is 389 g/mol. The van der Waals surface area contributed by atoms with E-state index in [-0.39, 0.29) is 37.5 Å². The number of carbonyl (C=O) groups excluding carboxylic acids is 2. The van der Waals surface area contributed by atoms with E-state index in [1.54, 1.807) is 0 Å². The maximum Gasteiger partial charge on any atom is 0.227 e. The molecule has 6 heteroatoms. The molecule has 0 unspecified atom stereocenters. The number of fused-ring (bicyclic) bond motifs is 1. The molecule has 0 radical (unpaired) electrons. The number of nitrogens with zero attached hydrogens (tertiary/aromatic N) is 2. The summed E-state index contributed by atoms with van der Waals surface area (Å²) in [7, 11) is 0. The highest BCUT2D eigenvalue weighted by Crippen LogP contribution is 2.24. The van der Waals surface area contributed by atoms with E-state index in [9.17, 15) is 9.59 Å². The highest BCUT2D eigenvalue weighted by molar-refractivity contribution is 7.18. The molecular weight excluding hydrogens is 370 g/mol. The van der Waals surface area contributed by atoms with E-state index in [4.69, 9.17) is 5.26 Å². The summed E-state index contributed by atoms with van der Waals surface area (Å²) in [6, 6.07) is 18.0. The van der Waals surface area contributed by atoms with Gasteiger partial charge < -0.3 is 5.32 Å². The molecule has 1 amide bonds. The van der Waals surface area contributed by atoms with Crippen molar-refractivity contribution in [2.45, 2.75) is 19.3 Å². The van der Waals surface area contributed by atoms with Crippen LogP contribution in [0, 0.1) is 11.3 Å². The van der Waals surface area contributed by atoms with Crippen molar-refractivity contribution in [2.75, 3.05) is 6.54 Å². The molecule has 1 N–H and O–H groups in total. The summed E-state index contributed by atoms with van der Waals surface area (Å²) < 4.78 is 1.02. The van der Waals surface area contributed by atoms with Crippen molar-refractivity contribution >= 4 is 45.4 Å². The standard InChI is InChI=1S/C22H19N3O2S/c23-12-4-7-18(26)15-24-21(27)14-22-25-19-13-17(10-11-20(19)28-22)9-8-16-5-2-1-3-6-16/h1-3,5-6,8-11,13H,4,7,14-15H2,(H,24,27)/b9-8+. The number of thiazole rings is 1. The quantitative estimate of drug-likeness (QED) is 0.590. The van der Waals surface area contributed by atoms with Gasteiger partial charge in [0.15, 0.2) is 5.78 Å². The van der Waals surface area contributed by atoms with E-state index in [0.717, 1.165) is 21.3 Å². The molecule has 0 saturated heterocycles. The summed E-state index contributed by atoms with van der Waals surface area (Å²) >= 11 is 1.47. The third kappa shape index (κ3) is 5.60. The van der Waals surface area contributed by atoms with E-state index in [2.05, 4.69) is 10.3 Å². The normalized spacial score (nSPS) is 10.8. The van der Waals surface area contributed by atoms with Gasteiger partial charge in [-0.15, -0.1) is 11.3 Å². The summed E-state index contributed by atoms with van der Waals surface area (Å²) in [6.07, 6.45) is 4.56. The van der Waals surface area contributed by atoms with Crippen LogP contribution >= 0.6 is 11.3 Å². The van der Waals surface area contributed by atoms with Crippen LogP contribution in [0.4, 0.5) is 0 Å². The van der Waals surface area contributed by atoms with E-state index in [1.807, 2.05) is 66.8 Å². The molecule has 5 nitrogen and oxygen atoms in total. The summed E-state index contributed by atoms with van der Waals surface area (Å²) in [4.78, 5) is 28.1. The van der Waals surface area contributed by atoms with Crippen molar-refractivity contribution in [2.24, 2.45) is 0 Å². The van der Waals surface area contributed by atoms with Crippen molar-refractivity contribution in [1.82, 2.24) is 10.3 Å². The van der Waals surface area contributed by atoms with Gasteiger partial charge in [0, 0.05) is 12.8 Å². The lowest BCUT2D eigenvalue weighted by molar-refractivity contribution is -0.124. The Labute approximate surface area is 167 Å².